The summed E-state index contributed by atoms with van der Waals surface area (Å²) in [5.74, 6) is 0.859. The summed E-state index contributed by atoms with van der Waals surface area (Å²) in [5.41, 5.74) is 9.49. The van der Waals surface area contributed by atoms with Crippen molar-refractivity contribution in [1.82, 2.24) is 4.90 Å². The molecule has 1 aliphatic carbocycles. The topological polar surface area (TPSA) is 29.3 Å². The number of benzene rings is 1. The van der Waals surface area contributed by atoms with Crippen LogP contribution in [0.5, 0.6) is 0 Å². The molecule has 0 radical (unpaired) electrons. The van der Waals surface area contributed by atoms with E-state index in [1.54, 1.807) is 0 Å². The van der Waals surface area contributed by atoms with Crippen molar-refractivity contribution in [3.8, 4) is 0 Å². The molecule has 0 amide bonds. The van der Waals surface area contributed by atoms with Gasteiger partial charge in [-0.3, -0.25) is 4.90 Å². The molecule has 1 aliphatic heterocycles. The van der Waals surface area contributed by atoms with Gasteiger partial charge in [0.25, 0.3) is 0 Å². The predicted octanol–water partition coefficient (Wildman–Crippen LogP) is 3.76. The van der Waals surface area contributed by atoms with E-state index in [0.29, 0.717) is 6.04 Å². The molecule has 2 aliphatic rings. The van der Waals surface area contributed by atoms with E-state index in [9.17, 15) is 0 Å². The van der Waals surface area contributed by atoms with Crippen LogP contribution in [-0.2, 0) is 12.8 Å². The fourth-order valence-electron chi connectivity index (χ4n) is 4.46. The van der Waals surface area contributed by atoms with Crippen molar-refractivity contribution in [2.24, 2.45) is 11.7 Å². The van der Waals surface area contributed by atoms with Crippen LogP contribution in [0.1, 0.15) is 44.2 Å². The maximum Gasteiger partial charge on any atom is 0.0378 e. The summed E-state index contributed by atoms with van der Waals surface area (Å²) in [6.07, 6.45) is 6.11. The molecule has 3 atom stereocenters. The number of hydrogen-bond acceptors (Lipinski definition) is 2. The Morgan fingerprint density at radius 3 is 2.86 bits per heavy atom. The van der Waals surface area contributed by atoms with Crippen molar-refractivity contribution in [2.45, 2.75) is 57.5 Å². The minimum atomic E-state index is 0.181. The number of rotatable bonds is 2. The Balaban J connectivity index is 1.87. The summed E-state index contributed by atoms with van der Waals surface area (Å²) >= 11 is 3.59. The zero-order valence-corrected chi connectivity index (χ0v) is 14.8. The minimum Gasteiger partial charge on any atom is -0.329 e. The third kappa shape index (κ3) is 2.93. The number of piperidine rings is 1. The fourth-order valence-corrected chi connectivity index (χ4v) is 4.87. The van der Waals surface area contributed by atoms with E-state index in [4.69, 9.17) is 5.73 Å². The number of nitrogens with zero attached hydrogens (tertiary/aromatic N) is 1. The first-order chi connectivity index (χ1) is 10.0. The average Bonchev–Trinajstić information content (AvgIpc) is 2.47. The van der Waals surface area contributed by atoms with Gasteiger partial charge in [0.1, 0.15) is 0 Å². The molecule has 2 N–H and O–H groups in total. The number of likely N-dealkylation sites (tertiary alicyclic amines) is 1. The van der Waals surface area contributed by atoms with Crippen LogP contribution in [0.15, 0.2) is 22.7 Å². The Morgan fingerprint density at radius 2 is 2.14 bits per heavy atom. The molecule has 1 fully saturated rings. The lowest BCUT2D eigenvalue weighted by atomic mass is 9.74. The van der Waals surface area contributed by atoms with E-state index >= 15 is 0 Å². The summed E-state index contributed by atoms with van der Waals surface area (Å²) in [6.45, 7) is 6.77. The molecule has 2 nitrogen and oxygen atoms in total. The molecule has 21 heavy (non-hydrogen) atoms. The minimum absolute atomic E-state index is 0.181. The standard InChI is InChI=1S/C18H27BrN2/c1-13-6-8-21(14(2)9-13)18(12-20)7-5-15-10-17(19)4-3-16(15)11-18/h3-4,10,13-14H,5-9,11-12,20H2,1-2H3. The van der Waals surface area contributed by atoms with Crippen LogP contribution in [0, 0.1) is 5.92 Å². The van der Waals surface area contributed by atoms with Crippen LogP contribution < -0.4 is 5.73 Å². The zero-order valence-electron chi connectivity index (χ0n) is 13.2. The average molecular weight is 351 g/mol. The molecular formula is C18H27BrN2. The molecule has 0 spiro atoms. The van der Waals surface area contributed by atoms with E-state index in [1.165, 1.54) is 41.4 Å². The Morgan fingerprint density at radius 1 is 1.33 bits per heavy atom. The molecule has 3 unspecified atom stereocenters. The Kier molecular flexibility index (Phi) is 4.45. The third-order valence-corrected chi connectivity index (χ3v) is 6.17. The van der Waals surface area contributed by atoms with Crippen molar-refractivity contribution in [2.75, 3.05) is 13.1 Å². The maximum atomic E-state index is 6.30. The van der Waals surface area contributed by atoms with E-state index in [2.05, 4.69) is 52.9 Å². The quantitative estimate of drug-likeness (QED) is 0.879. The van der Waals surface area contributed by atoms with Crippen LogP contribution in [0.25, 0.3) is 0 Å². The number of hydrogen-bond donors (Lipinski definition) is 1. The van der Waals surface area contributed by atoms with Crippen LogP contribution in [-0.4, -0.2) is 29.6 Å². The van der Waals surface area contributed by atoms with Crippen LogP contribution >= 0.6 is 15.9 Å². The molecule has 1 aromatic rings. The van der Waals surface area contributed by atoms with Crippen LogP contribution in [0.4, 0.5) is 0 Å². The van der Waals surface area contributed by atoms with Gasteiger partial charge in [0.2, 0.25) is 0 Å². The summed E-state index contributed by atoms with van der Waals surface area (Å²) < 4.78 is 1.20. The Hall–Kier alpha value is -0.380. The first-order valence-corrected chi connectivity index (χ1v) is 9.07. The Bertz CT molecular complexity index is 516. The zero-order chi connectivity index (χ0) is 15.0. The molecule has 1 heterocycles. The van der Waals surface area contributed by atoms with Gasteiger partial charge in [-0.1, -0.05) is 28.9 Å². The second-order valence-corrected chi connectivity index (χ2v) is 8.11. The van der Waals surface area contributed by atoms with Gasteiger partial charge in [-0.15, -0.1) is 0 Å². The molecule has 116 valence electrons. The fraction of sp³-hybridized carbons (Fsp3) is 0.667. The number of nitrogens with two attached hydrogens (primary N) is 1. The molecule has 3 rings (SSSR count). The number of aryl methyl sites for hydroxylation is 1. The summed E-state index contributed by atoms with van der Waals surface area (Å²) in [7, 11) is 0. The molecule has 0 aromatic heterocycles. The molecular weight excluding hydrogens is 324 g/mol. The van der Waals surface area contributed by atoms with Crippen LogP contribution in [0.3, 0.4) is 0 Å². The molecule has 3 heteroatoms. The van der Waals surface area contributed by atoms with Gasteiger partial charge in [0, 0.05) is 22.6 Å². The van der Waals surface area contributed by atoms with Gasteiger partial charge in [-0.25, -0.2) is 0 Å². The van der Waals surface area contributed by atoms with Gasteiger partial charge in [-0.2, -0.15) is 0 Å². The van der Waals surface area contributed by atoms with Crippen molar-refractivity contribution < 1.29 is 0 Å². The number of fused-ring (bicyclic) bond motifs is 1. The highest BCUT2D eigenvalue weighted by atomic mass is 79.9. The van der Waals surface area contributed by atoms with Crippen molar-refractivity contribution in [3.63, 3.8) is 0 Å². The molecule has 1 saturated heterocycles. The maximum absolute atomic E-state index is 6.30. The highest BCUT2D eigenvalue weighted by Crippen LogP contribution is 2.38. The summed E-state index contributed by atoms with van der Waals surface area (Å²) in [4.78, 5) is 2.73. The van der Waals surface area contributed by atoms with Crippen molar-refractivity contribution in [1.29, 1.82) is 0 Å². The monoisotopic (exact) mass is 350 g/mol. The highest BCUT2D eigenvalue weighted by molar-refractivity contribution is 9.10. The van der Waals surface area contributed by atoms with E-state index in [1.807, 2.05) is 0 Å². The molecule has 0 bridgehead atoms. The largest absolute Gasteiger partial charge is 0.329 e. The third-order valence-electron chi connectivity index (χ3n) is 5.68. The predicted molar refractivity (Wildman–Crippen MR) is 92.5 cm³/mol. The second kappa shape index (κ2) is 6.02. The van der Waals surface area contributed by atoms with E-state index in [0.717, 1.165) is 25.3 Å². The summed E-state index contributed by atoms with van der Waals surface area (Å²) in [5, 5.41) is 0. The van der Waals surface area contributed by atoms with Gasteiger partial charge in [0.05, 0.1) is 0 Å². The van der Waals surface area contributed by atoms with E-state index in [-0.39, 0.29) is 5.54 Å². The first-order valence-electron chi connectivity index (χ1n) is 8.28. The normalized spacial score (nSPS) is 33.7. The lowest BCUT2D eigenvalue weighted by Gasteiger charge is -2.52. The second-order valence-electron chi connectivity index (χ2n) is 7.19. The summed E-state index contributed by atoms with van der Waals surface area (Å²) in [6, 6.07) is 7.42. The Labute approximate surface area is 137 Å². The van der Waals surface area contributed by atoms with E-state index < -0.39 is 0 Å². The van der Waals surface area contributed by atoms with Crippen molar-refractivity contribution in [3.05, 3.63) is 33.8 Å². The SMILES string of the molecule is CC1CCN(C2(CN)CCc3cc(Br)ccc3C2)C(C)C1. The lowest BCUT2D eigenvalue weighted by molar-refractivity contribution is 0.00574. The number of halogens is 1. The van der Waals surface area contributed by atoms with Gasteiger partial charge >= 0.3 is 0 Å². The molecule has 0 saturated carbocycles. The van der Waals surface area contributed by atoms with Crippen molar-refractivity contribution >= 4 is 15.9 Å². The van der Waals surface area contributed by atoms with Crippen LogP contribution in [0.2, 0.25) is 0 Å². The smallest absolute Gasteiger partial charge is 0.0378 e. The van der Waals surface area contributed by atoms with Gasteiger partial charge in [-0.05, 0) is 74.8 Å². The van der Waals surface area contributed by atoms with Gasteiger partial charge < -0.3 is 5.73 Å². The highest BCUT2D eigenvalue weighted by Gasteiger charge is 2.42. The van der Waals surface area contributed by atoms with Gasteiger partial charge in [0.15, 0.2) is 0 Å². The lowest BCUT2D eigenvalue weighted by Crippen LogP contribution is -2.61. The molecule has 1 aromatic carbocycles. The first kappa shape index (κ1) is 15.5.